The van der Waals surface area contributed by atoms with Crippen LogP contribution in [0, 0.1) is 0 Å². The number of allylic oxidation sites excluding steroid dienone is 1. The molecule has 1 aromatic rings. The lowest BCUT2D eigenvalue weighted by molar-refractivity contribution is -0.112. The van der Waals surface area contributed by atoms with Gasteiger partial charge in [-0.2, -0.15) is 0 Å². The van der Waals surface area contributed by atoms with Gasteiger partial charge in [-0.1, -0.05) is 18.2 Å². The standard InChI is InChI=1S/C11H12OS/c1-9(12)6-7-10-4-3-5-11(8-10)13-2/h3-8H,1-2H3/b7-6+. The van der Waals surface area contributed by atoms with E-state index >= 15 is 0 Å². The van der Waals surface area contributed by atoms with E-state index in [1.807, 2.05) is 24.5 Å². The molecule has 0 radical (unpaired) electrons. The summed E-state index contributed by atoms with van der Waals surface area (Å²) < 4.78 is 0. The summed E-state index contributed by atoms with van der Waals surface area (Å²) >= 11 is 1.70. The van der Waals surface area contributed by atoms with E-state index in [2.05, 4.69) is 12.1 Å². The molecule has 1 aromatic carbocycles. The number of carbonyl (C=O) groups excluding carboxylic acids is 1. The van der Waals surface area contributed by atoms with Gasteiger partial charge in [-0.15, -0.1) is 11.8 Å². The number of thioether (sulfide) groups is 1. The average Bonchev–Trinajstić information content (AvgIpc) is 2.15. The van der Waals surface area contributed by atoms with E-state index in [9.17, 15) is 4.79 Å². The molecule has 0 N–H and O–H groups in total. The van der Waals surface area contributed by atoms with Gasteiger partial charge < -0.3 is 0 Å². The fraction of sp³-hybridized carbons (Fsp3) is 0.182. The zero-order valence-corrected chi connectivity index (χ0v) is 8.60. The maximum atomic E-state index is 10.7. The smallest absolute Gasteiger partial charge is 0.152 e. The van der Waals surface area contributed by atoms with Crippen LogP contribution in [-0.4, -0.2) is 12.0 Å². The lowest BCUT2D eigenvalue weighted by atomic mass is 10.2. The molecule has 0 saturated heterocycles. The Balaban J connectivity index is 2.83. The van der Waals surface area contributed by atoms with Gasteiger partial charge in [0.2, 0.25) is 0 Å². The van der Waals surface area contributed by atoms with Gasteiger partial charge in [0, 0.05) is 4.90 Å². The Kier molecular flexibility index (Phi) is 3.77. The number of rotatable bonds is 3. The molecule has 0 saturated carbocycles. The van der Waals surface area contributed by atoms with Crippen LogP contribution in [0.2, 0.25) is 0 Å². The molecule has 1 rings (SSSR count). The first-order valence-corrected chi connectivity index (χ1v) is 5.27. The van der Waals surface area contributed by atoms with Crippen LogP contribution >= 0.6 is 11.8 Å². The number of carbonyl (C=O) groups is 1. The maximum absolute atomic E-state index is 10.7. The third-order valence-electron chi connectivity index (χ3n) is 1.60. The molecular formula is C11H12OS. The highest BCUT2D eigenvalue weighted by molar-refractivity contribution is 7.98. The SMILES string of the molecule is CSc1cccc(/C=C/C(C)=O)c1. The van der Waals surface area contributed by atoms with Crippen LogP contribution in [0.5, 0.6) is 0 Å². The molecule has 68 valence electrons. The normalized spacial score (nSPS) is 10.6. The van der Waals surface area contributed by atoms with E-state index < -0.39 is 0 Å². The van der Waals surface area contributed by atoms with E-state index in [-0.39, 0.29) is 5.78 Å². The Bertz CT molecular complexity index is 329. The Morgan fingerprint density at radius 1 is 1.46 bits per heavy atom. The first-order chi connectivity index (χ1) is 6.22. The second-order valence-electron chi connectivity index (χ2n) is 2.72. The molecule has 0 amide bonds. The van der Waals surface area contributed by atoms with Crippen LogP contribution in [-0.2, 0) is 4.79 Å². The van der Waals surface area contributed by atoms with Gasteiger partial charge in [0.15, 0.2) is 5.78 Å². The van der Waals surface area contributed by atoms with Crippen molar-refractivity contribution in [3.8, 4) is 0 Å². The molecule has 0 atom stereocenters. The van der Waals surface area contributed by atoms with Crippen LogP contribution in [0.25, 0.3) is 6.08 Å². The van der Waals surface area contributed by atoms with Crippen LogP contribution < -0.4 is 0 Å². The van der Waals surface area contributed by atoms with E-state index in [1.165, 1.54) is 4.90 Å². The molecular weight excluding hydrogens is 180 g/mol. The molecule has 0 fully saturated rings. The third-order valence-corrected chi connectivity index (χ3v) is 2.33. The highest BCUT2D eigenvalue weighted by Gasteiger charge is 1.90. The molecule has 0 aliphatic rings. The number of hydrogen-bond acceptors (Lipinski definition) is 2. The average molecular weight is 192 g/mol. The minimum atomic E-state index is 0.0783. The van der Waals surface area contributed by atoms with Crippen LogP contribution in [0.4, 0.5) is 0 Å². The van der Waals surface area contributed by atoms with Crippen LogP contribution in [0.3, 0.4) is 0 Å². The van der Waals surface area contributed by atoms with Crippen molar-refractivity contribution < 1.29 is 4.79 Å². The summed E-state index contributed by atoms with van der Waals surface area (Å²) in [6, 6.07) is 8.09. The summed E-state index contributed by atoms with van der Waals surface area (Å²) in [5.41, 5.74) is 1.07. The molecule has 0 aliphatic carbocycles. The minimum absolute atomic E-state index is 0.0783. The predicted octanol–water partition coefficient (Wildman–Crippen LogP) is 3.01. The molecule has 0 unspecified atom stereocenters. The summed E-state index contributed by atoms with van der Waals surface area (Å²) in [6.45, 7) is 1.55. The Morgan fingerprint density at radius 3 is 2.85 bits per heavy atom. The monoisotopic (exact) mass is 192 g/mol. The Labute approximate surface area is 82.9 Å². The van der Waals surface area contributed by atoms with Gasteiger partial charge in [0.05, 0.1) is 0 Å². The van der Waals surface area contributed by atoms with Gasteiger partial charge >= 0.3 is 0 Å². The lowest BCUT2D eigenvalue weighted by Gasteiger charge is -1.96. The van der Waals surface area contributed by atoms with Crippen LogP contribution in [0.15, 0.2) is 35.2 Å². The van der Waals surface area contributed by atoms with Gasteiger partial charge in [0.25, 0.3) is 0 Å². The molecule has 0 aliphatic heterocycles. The first-order valence-electron chi connectivity index (χ1n) is 4.05. The van der Waals surface area contributed by atoms with E-state index in [0.717, 1.165) is 5.56 Å². The van der Waals surface area contributed by atoms with Crippen molar-refractivity contribution in [3.63, 3.8) is 0 Å². The highest BCUT2D eigenvalue weighted by Crippen LogP contribution is 2.16. The van der Waals surface area contributed by atoms with E-state index in [1.54, 1.807) is 24.8 Å². The predicted molar refractivity (Wildman–Crippen MR) is 57.9 cm³/mol. The second kappa shape index (κ2) is 4.87. The first kappa shape index (κ1) is 10.1. The zero-order valence-electron chi connectivity index (χ0n) is 7.78. The number of ketones is 1. The summed E-state index contributed by atoms with van der Waals surface area (Å²) in [5.74, 6) is 0.0783. The fourth-order valence-corrected chi connectivity index (χ4v) is 1.43. The molecule has 13 heavy (non-hydrogen) atoms. The lowest BCUT2D eigenvalue weighted by Crippen LogP contribution is -1.80. The van der Waals surface area contributed by atoms with Crippen LogP contribution in [0.1, 0.15) is 12.5 Å². The molecule has 0 aromatic heterocycles. The van der Waals surface area contributed by atoms with Gasteiger partial charge in [-0.3, -0.25) is 4.79 Å². The van der Waals surface area contributed by atoms with Crippen molar-refractivity contribution in [2.75, 3.05) is 6.26 Å². The van der Waals surface area contributed by atoms with Crippen molar-refractivity contribution in [1.82, 2.24) is 0 Å². The number of hydrogen-bond donors (Lipinski definition) is 0. The van der Waals surface area contributed by atoms with Crippen molar-refractivity contribution in [2.45, 2.75) is 11.8 Å². The Morgan fingerprint density at radius 2 is 2.23 bits per heavy atom. The molecule has 0 spiro atoms. The molecule has 0 bridgehead atoms. The van der Waals surface area contributed by atoms with Gasteiger partial charge in [-0.05, 0) is 37.0 Å². The molecule has 2 heteroatoms. The topological polar surface area (TPSA) is 17.1 Å². The summed E-state index contributed by atoms with van der Waals surface area (Å²) in [7, 11) is 0. The van der Waals surface area contributed by atoms with Crippen molar-refractivity contribution in [1.29, 1.82) is 0 Å². The molecule has 1 nitrogen and oxygen atoms in total. The highest BCUT2D eigenvalue weighted by atomic mass is 32.2. The number of benzene rings is 1. The third kappa shape index (κ3) is 3.47. The Hall–Kier alpha value is -1.02. The van der Waals surface area contributed by atoms with Crippen molar-refractivity contribution in [2.24, 2.45) is 0 Å². The van der Waals surface area contributed by atoms with Gasteiger partial charge in [0.1, 0.15) is 0 Å². The quantitative estimate of drug-likeness (QED) is 0.541. The summed E-state index contributed by atoms with van der Waals surface area (Å²) in [6.07, 6.45) is 5.45. The summed E-state index contributed by atoms with van der Waals surface area (Å²) in [4.78, 5) is 11.9. The van der Waals surface area contributed by atoms with Crippen molar-refractivity contribution >= 4 is 23.6 Å². The van der Waals surface area contributed by atoms with E-state index in [4.69, 9.17) is 0 Å². The maximum Gasteiger partial charge on any atom is 0.152 e. The van der Waals surface area contributed by atoms with E-state index in [0.29, 0.717) is 0 Å². The second-order valence-corrected chi connectivity index (χ2v) is 3.60. The molecule has 0 heterocycles. The van der Waals surface area contributed by atoms with Crippen molar-refractivity contribution in [3.05, 3.63) is 35.9 Å². The summed E-state index contributed by atoms with van der Waals surface area (Å²) in [5, 5.41) is 0. The fourth-order valence-electron chi connectivity index (χ4n) is 0.959. The minimum Gasteiger partial charge on any atom is -0.295 e. The largest absolute Gasteiger partial charge is 0.295 e. The zero-order chi connectivity index (χ0) is 9.68. The van der Waals surface area contributed by atoms with Gasteiger partial charge in [-0.25, -0.2) is 0 Å².